The molecule has 3 nitrogen and oxygen atoms in total. The van der Waals surface area contributed by atoms with Gasteiger partial charge in [0.05, 0.1) is 32.6 Å². The molecule has 11 aromatic carbocycles. The highest BCUT2D eigenvalue weighted by Crippen LogP contribution is 2.64. The zero-order valence-corrected chi connectivity index (χ0v) is 51.7. The fourth-order valence-electron chi connectivity index (χ4n) is 13.2. The van der Waals surface area contributed by atoms with Gasteiger partial charge in [-0.2, -0.15) is 0 Å². The van der Waals surface area contributed by atoms with E-state index >= 15 is 0 Å². The third-order valence-corrected chi connectivity index (χ3v) is 21.7. The van der Waals surface area contributed by atoms with E-state index < -0.39 is 21.6 Å². The molecule has 12 aromatic rings. The maximum Gasteiger partial charge on any atom is 0.145 e. The van der Waals surface area contributed by atoms with E-state index in [2.05, 4.69) is 321 Å². The van der Waals surface area contributed by atoms with Gasteiger partial charge in [-0.3, -0.25) is 0 Å². The summed E-state index contributed by atoms with van der Waals surface area (Å²) < 4.78 is 7.55. The van der Waals surface area contributed by atoms with Crippen molar-refractivity contribution in [2.24, 2.45) is 0 Å². The second kappa shape index (κ2) is 19.5. The number of anilines is 6. The van der Waals surface area contributed by atoms with E-state index in [1.807, 2.05) is 0 Å². The van der Waals surface area contributed by atoms with Crippen molar-refractivity contribution in [3.63, 3.8) is 0 Å². The highest BCUT2D eigenvalue weighted by atomic mass is 28.3. The van der Waals surface area contributed by atoms with Crippen molar-refractivity contribution in [3.05, 3.63) is 264 Å². The van der Waals surface area contributed by atoms with E-state index in [4.69, 9.17) is 4.42 Å². The van der Waals surface area contributed by atoms with E-state index in [1.165, 1.54) is 70.9 Å². The van der Waals surface area contributed by atoms with E-state index in [0.717, 1.165) is 61.6 Å². The molecule has 0 saturated heterocycles. The van der Waals surface area contributed by atoms with Gasteiger partial charge in [0.25, 0.3) is 0 Å². The van der Waals surface area contributed by atoms with Crippen LogP contribution < -0.4 is 20.2 Å². The Morgan fingerprint density at radius 3 is 1.28 bits per heavy atom. The minimum Gasteiger partial charge on any atom is -0.455 e. The molecule has 0 amide bonds. The molecule has 0 bridgehead atoms. The number of fused-ring (bicyclic) bond motifs is 12. The molecule has 406 valence electrons. The van der Waals surface area contributed by atoms with Gasteiger partial charge in [0.15, 0.2) is 0 Å². The Balaban J connectivity index is 1.16. The van der Waals surface area contributed by atoms with Gasteiger partial charge in [0, 0.05) is 39.4 Å². The van der Waals surface area contributed by atoms with Crippen LogP contribution in [0.3, 0.4) is 0 Å². The van der Waals surface area contributed by atoms with Crippen molar-refractivity contribution in [2.45, 2.75) is 97.1 Å². The predicted molar refractivity (Wildman–Crippen MR) is 359 cm³/mol. The predicted octanol–water partition coefficient (Wildman–Crippen LogP) is 20.9. The summed E-state index contributed by atoms with van der Waals surface area (Å²) >= 11 is 0. The summed E-state index contributed by atoms with van der Waals surface area (Å²) in [5, 5.41) is 9.87. The lowest BCUT2D eigenvalue weighted by Gasteiger charge is -2.36. The number of nitrogens with zero attached hydrogens (tertiary/aromatic N) is 2. The summed E-state index contributed by atoms with van der Waals surface area (Å²) in [6.07, 6.45) is 0. The van der Waals surface area contributed by atoms with Gasteiger partial charge in [-0.15, -0.1) is 0 Å². The van der Waals surface area contributed by atoms with E-state index in [0.29, 0.717) is 0 Å². The van der Waals surface area contributed by atoms with Crippen molar-refractivity contribution in [2.75, 3.05) is 9.80 Å². The van der Waals surface area contributed by atoms with Gasteiger partial charge in [0.1, 0.15) is 11.2 Å². The molecule has 82 heavy (non-hydrogen) atoms. The molecule has 0 aliphatic heterocycles. The average molecular weight is 1100 g/mol. The summed E-state index contributed by atoms with van der Waals surface area (Å²) in [7, 11) is -3.20. The standard InChI is InChI=1S/C77H74N2OSi2/c1-75(2,3)51-31-35-55(36-32-51)78(56-39-44-60(45-40-56)81(7,8)9)59-43-48-64-66(49-59)62-27-19-20-28-63(62)71-72-67(77(73(64)71,53-23-15-13-16-24-53)54-25-17-14-18-26-54)50-68(70-65-29-21-22-30-69(65)80-74(70)72)79(57-37-33-52(34-38-57)76(4,5)6)58-41-46-61(47-42-58)82(10,11)12/h13-50H,1-12H3. The molecular weight excluding hydrogens is 1030 g/mol. The molecule has 0 N–H and O–H groups in total. The van der Waals surface area contributed by atoms with Gasteiger partial charge in [0.2, 0.25) is 0 Å². The molecule has 1 aliphatic carbocycles. The minimum atomic E-state index is -1.63. The van der Waals surface area contributed by atoms with Crippen LogP contribution in [-0.2, 0) is 16.2 Å². The van der Waals surface area contributed by atoms with E-state index in [1.54, 1.807) is 0 Å². The first-order valence-electron chi connectivity index (χ1n) is 29.3. The summed E-state index contributed by atoms with van der Waals surface area (Å²) in [6.45, 7) is 28.3. The summed E-state index contributed by atoms with van der Waals surface area (Å²) in [4.78, 5) is 4.97. The normalized spacial score (nSPS) is 13.5. The highest BCUT2D eigenvalue weighted by Gasteiger charge is 2.50. The lowest BCUT2D eigenvalue weighted by Crippen LogP contribution is -2.37. The molecule has 13 rings (SSSR count). The summed E-state index contributed by atoms with van der Waals surface area (Å²) in [5.74, 6) is 0. The maximum absolute atomic E-state index is 7.55. The van der Waals surface area contributed by atoms with Crippen LogP contribution in [0.25, 0.3) is 54.6 Å². The molecule has 0 atom stereocenters. The molecule has 0 fully saturated rings. The Hall–Kier alpha value is -8.23. The number of furan rings is 1. The average Bonchev–Trinajstić information content (AvgIpc) is 1.81. The van der Waals surface area contributed by atoms with Crippen LogP contribution >= 0.6 is 0 Å². The van der Waals surface area contributed by atoms with Crippen molar-refractivity contribution in [1.82, 2.24) is 0 Å². The number of hydrogen-bond acceptors (Lipinski definition) is 3. The van der Waals surface area contributed by atoms with Crippen LogP contribution in [-0.4, -0.2) is 16.1 Å². The Morgan fingerprint density at radius 1 is 0.366 bits per heavy atom. The zero-order chi connectivity index (χ0) is 57.1. The Bertz CT molecular complexity index is 4230. The lowest BCUT2D eigenvalue weighted by molar-refractivity contribution is 0.590. The molecule has 0 saturated carbocycles. The molecule has 1 aliphatic rings. The van der Waals surface area contributed by atoms with Crippen LogP contribution in [0.15, 0.2) is 235 Å². The topological polar surface area (TPSA) is 19.6 Å². The second-order valence-corrected chi connectivity index (χ2v) is 37.1. The summed E-state index contributed by atoms with van der Waals surface area (Å²) in [6, 6.07) is 87.7. The van der Waals surface area contributed by atoms with Gasteiger partial charge < -0.3 is 14.2 Å². The monoisotopic (exact) mass is 1100 g/mol. The van der Waals surface area contributed by atoms with Crippen molar-refractivity contribution in [1.29, 1.82) is 0 Å². The van der Waals surface area contributed by atoms with Crippen molar-refractivity contribution < 1.29 is 4.42 Å². The SMILES string of the molecule is CC(C)(C)c1ccc(N(c2ccc([Si](C)(C)C)cc2)c2ccc3c4c(c5ccccc5c3c2)-c2c(cc(N(c3ccc(C(C)(C)C)cc3)c3ccc([Si](C)(C)C)cc3)c3c2oc2ccccc23)C4(c2ccccc2)c2ccccc2)cc1. The summed E-state index contributed by atoms with van der Waals surface area (Å²) in [5.41, 5.74) is 17.4. The highest BCUT2D eigenvalue weighted by molar-refractivity contribution is 6.89. The zero-order valence-electron chi connectivity index (χ0n) is 49.7. The molecule has 5 heteroatoms. The molecule has 0 unspecified atom stereocenters. The first kappa shape index (κ1) is 53.1. The van der Waals surface area contributed by atoms with Crippen LogP contribution in [0.5, 0.6) is 0 Å². The quantitative estimate of drug-likeness (QED) is 0.101. The second-order valence-electron chi connectivity index (χ2n) is 27.0. The minimum absolute atomic E-state index is 0.0119. The van der Waals surface area contributed by atoms with E-state index in [9.17, 15) is 0 Å². The first-order valence-corrected chi connectivity index (χ1v) is 36.3. The van der Waals surface area contributed by atoms with Crippen LogP contribution in [0.2, 0.25) is 39.3 Å². The Morgan fingerprint density at radius 2 is 0.793 bits per heavy atom. The number of rotatable bonds is 10. The lowest BCUT2D eigenvalue weighted by atomic mass is 9.66. The Labute approximate surface area is 487 Å². The molecule has 1 heterocycles. The van der Waals surface area contributed by atoms with Gasteiger partial charge >= 0.3 is 0 Å². The smallest absolute Gasteiger partial charge is 0.145 e. The van der Waals surface area contributed by atoms with E-state index in [-0.39, 0.29) is 10.8 Å². The molecular formula is C77H74N2OSi2. The van der Waals surface area contributed by atoms with Gasteiger partial charge in [-0.05, 0) is 144 Å². The fourth-order valence-corrected chi connectivity index (χ4v) is 15.5. The van der Waals surface area contributed by atoms with Crippen LogP contribution in [0.1, 0.15) is 74.9 Å². The van der Waals surface area contributed by atoms with Gasteiger partial charge in [-0.25, -0.2) is 0 Å². The maximum atomic E-state index is 7.55. The van der Waals surface area contributed by atoms with Crippen LogP contribution in [0.4, 0.5) is 34.1 Å². The molecule has 0 spiro atoms. The molecule has 0 radical (unpaired) electrons. The largest absolute Gasteiger partial charge is 0.455 e. The van der Waals surface area contributed by atoms with Gasteiger partial charge in [-0.1, -0.05) is 249 Å². The number of para-hydroxylation sites is 1. The first-order chi connectivity index (χ1) is 39.2. The number of hydrogen-bond donors (Lipinski definition) is 0. The Kier molecular flexibility index (Phi) is 12.6. The van der Waals surface area contributed by atoms with Crippen molar-refractivity contribution in [3.8, 4) is 11.1 Å². The van der Waals surface area contributed by atoms with Crippen molar-refractivity contribution >= 4 is 104 Å². The molecule has 1 aromatic heterocycles. The fraction of sp³-hybridized carbons (Fsp3) is 0.195. The third-order valence-electron chi connectivity index (χ3n) is 17.5. The number of benzene rings is 11. The third kappa shape index (κ3) is 8.74. The van der Waals surface area contributed by atoms with Crippen LogP contribution in [0, 0.1) is 0 Å².